The second kappa shape index (κ2) is 5.67. The van der Waals surface area contributed by atoms with E-state index in [1.807, 2.05) is 18.2 Å². The van der Waals surface area contributed by atoms with E-state index in [-0.39, 0.29) is 5.91 Å². The van der Waals surface area contributed by atoms with Crippen LogP contribution in [0, 0.1) is 11.8 Å². The summed E-state index contributed by atoms with van der Waals surface area (Å²) in [6, 6.07) is 8.71. The molecule has 0 aliphatic heterocycles. The third-order valence-electron chi connectivity index (χ3n) is 5.39. The number of rotatable bonds is 2. The Morgan fingerprint density at radius 3 is 2.73 bits per heavy atom. The summed E-state index contributed by atoms with van der Waals surface area (Å²) in [6.45, 7) is 0. The first-order chi connectivity index (χ1) is 10.7. The molecule has 0 saturated heterocycles. The van der Waals surface area contributed by atoms with Crippen LogP contribution in [0.3, 0.4) is 0 Å². The van der Waals surface area contributed by atoms with E-state index in [2.05, 4.69) is 16.8 Å². The molecular weight excluding hydrogens is 292 g/mol. The molecule has 3 nitrogen and oxygen atoms in total. The Hall–Kier alpha value is -1.39. The van der Waals surface area contributed by atoms with Crippen LogP contribution in [0.2, 0.25) is 0 Å². The summed E-state index contributed by atoms with van der Waals surface area (Å²) in [5, 5.41) is 6.55. The molecule has 2 aromatic rings. The van der Waals surface area contributed by atoms with E-state index in [1.165, 1.54) is 24.0 Å². The fraction of sp³-hybridized carbons (Fsp3) is 0.500. The molecule has 4 heteroatoms. The van der Waals surface area contributed by atoms with Crippen molar-refractivity contribution in [1.29, 1.82) is 0 Å². The average Bonchev–Trinajstić information content (AvgIpc) is 2.95. The van der Waals surface area contributed by atoms with E-state index in [0.717, 1.165) is 23.8 Å². The molecule has 1 amide bonds. The fourth-order valence-corrected chi connectivity index (χ4v) is 5.14. The molecule has 2 aliphatic rings. The molecule has 2 unspecified atom stereocenters. The largest absolute Gasteiger partial charge is 0.349 e. The van der Waals surface area contributed by atoms with Gasteiger partial charge in [0.25, 0.3) is 5.91 Å². The molecule has 0 spiro atoms. The molecular formula is C18H22N2OS. The maximum absolute atomic E-state index is 12.7. The minimum atomic E-state index is 0.0745. The molecule has 2 atom stereocenters. The molecule has 1 heterocycles. The summed E-state index contributed by atoms with van der Waals surface area (Å²) < 4.78 is 1.23. The van der Waals surface area contributed by atoms with Crippen LogP contribution in [-0.4, -0.2) is 18.0 Å². The number of hydrogen-bond acceptors (Lipinski definition) is 3. The third-order valence-corrected chi connectivity index (χ3v) is 6.29. The number of carbonyl (C=O) groups is 1. The molecule has 1 aromatic carbocycles. The number of hydrogen-bond donors (Lipinski definition) is 2. The highest BCUT2D eigenvalue weighted by Gasteiger charge is 2.39. The molecule has 116 valence electrons. The topological polar surface area (TPSA) is 55.1 Å². The molecule has 2 saturated carbocycles. The maximum atomic E-state index is 12.7. The van der Waals surface area contributed by atoms with Crippen LogP contribution >= 0.6 is 11.3 Å². The number of nitrogens with two attached hydrogens (primary N) is 1. The van der Waals surface area contributed by atoms with Crippen molar-refractivity contribution in [3.05, 3.63) is 35.2 Å². The van der Waals surface area contributed by atoms with Crippen molar-refractivity contribution in [3.8, 4) is 0 Å². The predicted octanol–water partition coefficient (Wildman–Crippen LogP) is 3.54. The number of amides is 1. The monoisotopic (exact) mass is 314 g/mol. The summed E-state index contributed by atoms with van der Waals surface area (Å²) in [5.74, 6) is 1.21. The maximum Gasteiger partial charge on any atom is 0.251 e. The van der Waals surface area contributed by atoms with Gasteiger partial charge in [-0.15, -0.1) is 11.3 Å². The van der Waals surface area contributed by atoms with Gasteiger partial charge in [0.1, 0.15) is 0 Å². The summed E-state index contributed by atoms with van der Waals surface area (Å²) in [5.41, 5.74) is 6.94. The number of thiophene rings is 1. The van der Waals surface area contributed by atoms with Gasteiger partial charge in [0, 0.05) is 22.3 Å². The SMILES string of the molecule is NC1CC2CCCC(C1)C2NC(=O)c1ccc2sccc2c1. The Labute approximate surface area is 134 Å². The van der Waals surface area contributed by atoms with Crippen LogP contribution in [0.15, 0.2) is 29.6 Å². The van der Waals surface area contributed by atoms with Gasteiger partial charge in [-0.05, 0) is 72.6 Å². The fourth-order valence-electron chi connectivity index (χ4n) is 4.37. The molecule has 2 aliphatic carbocycles. The normalized spacial score (nSPS) is 31.1. The second-order valence-electron chi connectivity index (χ2n) is 6.85. The highest BCUT2D eigenvalue weighted by molar-refractivity contribution is 7.17. The molecule has 4 rings (SSSR count). The average molecular weight is 314 g/mol. The lowest BCUT2D eigenvalue weighted by Crippen LogP contribution is -2.53. The first-order valence-corrected chi connectivity index (χ1v) is 9.12. The van der Waals surface area contributed by atoms with Crippen LogP contribution < -0.4 is 11.1 Å². The predicted molar refractivity (Wildman–Crippen MR) is 91.1 cm³/mol. The standard InChI is InChI=1S/C18H22N2OS/c19-15-9-12-2-1-3-13(10-15)17(12)20-18(21)14-4-5-16-11(8-14)6-7-22-16/h4-8,12-13,15,17H,1-3,9-10,19H2,(H,20,21). The zero-order valence-electron chi connectivity index (χ0n) is 12.6. The summed E-state index contributed by atoms with van der Waals surface area (Å²) in [7, 11) is 0. The van der Waals surface area contributed by atoms with Crippen molar-refractivity contribution in [2.24, 2.45) is 17.6 Å². The quantitative estimate of drug-likeness (QED) is 0.891. The highest BCUT2D eigenvalue weighted by Crippen LogP contribution is 2.39. The summed E-state index contributed by atoms with van der Waals surface area (Å²) in [4.78, 5) is 12.7. The molecule has 22 heavy (non-hydrogen) atoms. The van der Waals surface area contributed by atoms with Crippen LogP contribution in [0.5, 0.6) is 0 Å². The van der Waals surface area contributed by atoms with Crippen molar-refractivity contribution in [3.63, 3.8) is 0 Å². The van der Waals surface area contributed by atoms with Gasteiger partial charge in [0.05, 0.1) is 0 Å². The van der Waals surface area contributed by atoms with E-state index in [1.54, 1.807) is 11.3 Å². The molecule has 0 radical (unpaired) electrons. The van der Waals surface area contributed by atoms with E-state index < -0.39 is 0 Å². The Kier molecular flexibility index (Phi) is 3.66. The van der Waals surface area contributed by atoms with Gasteiger partial charge in [0.2, 0.25) is 0 Å². The van der Waals surface area contributed by atoms with E-state index in [4.69, 9.17) is 5.73 Å². The van der Waals surface area contributed by atoms with Crippen molar-refractivity contribution in [1.82, 2.24) is 5.32 Å². The van der Waals surface area contributed by atoms with Crippen molar-refractivity contribution in [2.45, 2.75) is 44.2 Å². The number of nitrogens with one attached hydrogen (secondary N) is 1. The zero-order chi connectivity index (χ0) is 15.1. The lowest BCUT2D eigenvalue weighted by molar-refractivity contribution is 0.0756. The van der Waals surface area contributed by atoms with Gasteiger partial charge in [-0.3, -0.25) is 4.79 Å². The van der Waals surface area contributed by atoms with Crippen LogP contribution in [-0.2, 0) is 0 Å². The van der Waals surface area contributed by atoms with Gasteiger partial charge in [-0.25, -0.2) is 0 Å². The number of fused-ring (bicyclic) bond motifs is 3. The van der Waals surface area contributed by atoms with Gasteiger partial charge in [-0.1, -0.05) is 6.42 Å². The smallest absolute Gasteiger partial charge is 0.251 e. The minimum Gasteiger partial charge on any atom is -0.349 e. The zero-order valence-corrected chi connectivity index (χ0v) is 13.4. The second-order valence-corrected chi connectivity index (χ2v) is 7.80. The molecule has 2 bridgehead atoms. The number of carbonyl (C=O) groups excluding carboxylic acids is 1. The van der Waals surface area contributed by atoms with Gasteiger partial charge in [0.15, 0.2) is 0 Å². The third kappa shape index (κ3) is 2.55. The lowest BCUT2D eigenvalue weighted by Gasteiger charge is -2.45. The lowest BCUT2D eigenvalue weighted by atomic mass is 9.67. The van der Waals surface area contributed by atoms with Crippen LogP contribution in [0.25, 0.3) is 10.1 Å². The van der Waals surface area contributed by atoms with Gasteiger partial charge >= 0.3 is 0 Å². The van der Waals surface area contributed by atoms with Crippen molar-refractivity contribution in [2.75, 3.05) is 0 Å². The van der Waals surface area contributed by atoms with Crippen molar-refractivity contribution < 1.29 is 4.79 Å². The summed E-state index contributed by atoms with van der Waals surface area (Å²) >= 11 is 1.71. The van der Waals surface area contributed by atoms with Crippen LogP contribution in [0.1, 0.15) is 42.5 Å². The van der Waals surface area contributed by atoms with E-state index in [9.17, 15) is 4.79 Å². The molecule has 1 aromatic heterocycles. The first kappa shape index (κ1) is 14.2. The highest BCUT2D eigenvalue weighted by atomic mass is 32.1. The Morgan fingerprint density at radius 1 is 1.18 bits per heavy atom. The van der Waals surface area contributed by atoms with Crippen LogP contribution in [0.4, 0.5) is 0 Å². The van der Waals surface area contributed by atoms with E-state index in [0.29, 0.717) is 23.9 Å². The van der Waals surface area contributed by atoms with E-state index >= 15 is 0 Å². The first-order valence-electron chi connectivity index (χ1n) is 8.24. The van der Waals surface area contributed by atoms with Crippen molar-refractivity contribution >= 4 is 27.3 Å². The summed E-state index contributed by atoms with van der Waals surface area (Å²) in [6.07, 6.45) is 5.82. The van der Waals surface area contributed by atoms with Gasteiger partial charge < -0.3 is 11.1 Å². The Bertz CT molecular complexity index is 681. The number of benzene rings is 1. The Morgan fingerprint density at radius 2 is 1.95 bits per heavy atom. The Balaban J connectivity index is 1.53. The molecule has 3 N–H and O–H groups in total. The van der Waals surface area contributed by atoms with Gasteiger partial charge in [-0.2, -0.15) is 0 Å². The minimum absolute atomic E-state index is 0.0745. The molecule has 2 fully saturated rings.